The topological polar surface area (TPSA) is 73.2 Å². The highest BCUT2D eigenvalue weighted by Gasteiger charge is 2.09. The second-order valence-electron chi connectivity index (χ2n) is 7.35. The van der Waals surface area contributed by atoms with Gasteiger partial charge in [0, 0.05) is 10.4 Å². The van der Waals surface area contributed by atoms with E-state index in [-0.39, 0.29) is 18.1 Å². The van der Waals surface area contributed by atoms with Crippen LogP contribution in [0.4, 0.5) is 5.69 Å². The van der Waals surface area contributed by atoms with Gasteiger partial charge in [0.1, 0.15) is 5.75 Å². The average molecular weight is 442 g/mol. The Labute approximate surface area is 187 Å². The van der Waals surface area contributed by atoms with Crippen LogP contribution in [0.1, 0.15) is 5.56 Å². The van der Waals surface area contributed by atoms with E-state index in [2.05, 4.69) is 33.9 Å². The zero-order valence-electron chi connectivity index (χ0n) is 17.0. The summed E-state index contributed by atoms with van der Waals surface area (Å²) in [7, 11) is 0. The lowest BCUT2D eigenvalue weighted by atomic mass is 10.1. The fourth-order valence-electron chi connectivity index (χ4n) is 3.51. The van der Waals surface area contributed by atoms with E-state index in [4.69, 9.17) is 4.74 Å². The van der Waals surface area contributed by atoms with Gasteiger partial charge in [0.25, 0.3) is 11.5 Å². The number of ether oxygens (including phenoxy) is 1. The van der Waals surface area contributed by atoms with E-state index in [1.54, 1.807) is 52.6 Å². The third-order valence-corrected chi connectivity index (χ3v) is 5.97. The van der Waals surface area contributed by atoms with E-state index in [0.717, 1.165) is 5.56 Å². The van der Waals surface area contributed by atoms with Crippen LogP contribution in [0.5, 0.6) is 5.75 Å². The van der Waals surface area contributed by atoms with Crippen molar-refractivity contribution in [3.05, 3.63) is 100 Å². The van der Waals surface area contributed by atoms with Crippen LogP contribution in [0, 0.1) is 0 Å². The quantitative estimate of drug-likeness (QED) is 0.415. The maximum atomic E-state index is 13.1. The Morgan fingerprint density at radius 1 is 1.03 bits per heavy atom. The molecule has 0 atom stereocenters. The molecule has 1 N–H and O–H groups in total. The van der Waals surface area contributed by atoms with Crippen molar-refractivity contribution in [1.82, 2.24) is 9.55 Å². The number of benzene rings is 3. The van der Waals surface area contributed by atoms with Gasteiger partial charge in [-0.3, -0.25) is 14.2 Å². The number of amides is 1. The van der Waals surface area contributed by atoms with Gasteiger partial charge >= 0.3 is 0 Å². The fourth-order valence-corrected chi connectivity index (χ4v) is 4.36. The molecule has 5 aromatic rings. The minimum absolute atomic E-state index is 0.121. The summed E-state index contributed by atoms with van der Waals surface area (Å²) >= 11 is 1.68. The molecule has 158 valence electrons. The molecule has 2 heterocycles. The fraction of sp³-hybridized carbons (Fsp3) is 0.0800. The highest BCUT2D eigenvalue weighted by molar-refractivity contribution is 7.17. The van der Waals surface area contributed by atoms with Crippen molar-refractivity contribution in [2.45, 2.75) is 6.54 Å². The minimum Gasteiger partial charge on any atom is -0.484 e. The molecule has 1 amide bonds. The van der Waals surface area contributed by atoms with E-state index < -0.39 is 0 Å². The number of carbonyl (C=O) groups is 1. The first kappa shape index (κ1) is 20.0. The second kappa shape index (κ2) is 8.64. The van der Waals surface area contributed by atoms with Crippen molar-refractivity contribution in [3.63, 3.8) is 0 Å². The Hall–Kier alpha value is -3.97. The summed E-state index contributed by atoms with van der Waals surface area (Å²) in [4.78, 5) is 29.8. The molecule has 0 aliphatic carbocycles. The number of hydrogen-bond acceptors (Lipinski definition) is 5. The van der Waals surface area contributed by atoms with Crippen LogP contribution in [0.2, 0.25) is 0 Å². The number of aromatic nitrogens is 2. The summed E-state index contributed by atoms with van der Waals surface area (Å²) < 4.78 is 8.24. The molecule has 7 heteroatoms. The molecule has 0 radical (unpaired) electrons. The SMILES string of the molecule is O=C(COc1ccccc1)Nc1ccc2ncn(Cc3ccc4ccsc4c3)c(=O)c2c1. The smallest absolute Gasteiger partial charge is 0.262 e. The molecular formula is C25H19N3O3S. The summed E-state index contributed by atoms with van der Waals surface area (Å²) in [5.74, 6) is 0.315. The lowest BCUT2D eigenvalue weighted by Gasteiger charge is -2.10. The van der Waals surface area contributed by atoms with Gasteiger partial charge in [-0.15, -0.1) is 11.3 Å². The molecule has 0 aliphatic rings. The van der Waals surface area contributed by atoms with Gasteiger partial charge in [-0.25, -0.2) is 4.98 Å². The Bertz CT molecular complexity index is 1470. The zero-order chi connectivity index (χ0) is 21.9. The lowest BCUT2D eigenvalue weighted by Crippen LogP contribution is -2.22. The molecule has 0 saturated heterocycles. The molecular weight excluding hydrogens is 422 g/mol. The van der Waals surface area contributed by atoms with Crippen molar-refractivity contribution in [3.8, 4) is 5.75 Å². The molecule has 0 fully saturated rings. The molecule has 0 bridgehead atoms. The molecule has 0 saturated carbocycles. The van der Waals surface area contributed by atoms with Gasteiger partial charge in [0.2, 0.25) is 0 Å². The van der Waals surface area contributed by atoms with E-state index in [9.17, 15) is 9.59 Å². The number of fused-ring (bicyclic) bond motifs is 2. The normalized spacial score (nSPS) is 11.0. The van der Waals surface area contributed by atoms with Crippen LogP contribution < -0.4 is 15.6 Å². The third kappa shape index (κ3) is 4.24. The standard InChI is InChI=1S/C25H19N3O3S/c29-24(15-31-20-4-2-1-3-5-20)27-19-8-9-22-21(13-19)25(30)28(16-26-22)14-17-6-7-18-10-11-32-23(18)12-17/h1-13,16H,14-15H2,(H,27,29). The van der Waals surface area contributed by atoms with E-state index in [1.165, 1.54) is 10.1 Å². The van der Waals surface area contributed by atoms with Gasteiger partial charge in [-0.05, 0) is 58.8 Å². The highest BCUT2D eigenvalue weighted by Crippen LogP contribution is 2.22. The van der Waals surface area contributed by atoms with Crippen molar-refractivity contribution >= 4 is 43.9 Å². The molecule has 5 rings (SSSR count). The number of rotatable bonds is 6. The Kier molecular flexibility index (Phi) is 5.39. The number of hydrogen-bond donors (Lipinski definition) is 1. The molecule has 0 unspecified atom stereocenters. The zero-order valence-corrected chi connectivity index (χ0v) is 17.8. The number of para-hydroxylation sites is 1. The van der Waals surface area contributed by atoms with Crippen LogP contribution >= 0.6 is 11.3 Å². The van der Waals surface area contributed by atoms with E-state index >= 15 is 0 Å². The minimum atomic E-state index is -0.304. The van der Waals surface area contributed by atoms with E-state index in [0.29, 0.717) is 28.9 Å². The second-order valence-corrected chi connectivity index (χ2v) is 8.30. The summed E-state index contributed by atoms with van der Waals surface area (Å²) in [6.07, 6.45) is 1.56. The highest BCUT2D eigenvalue weighted by atomic mass is 32.1. The summed E-state index contributed by atoms with van der Waals surface area (Å²) in [6.45, 7) is 0.307. The van der Waals surface area contributed by atoms with Crippen LogP contribution in [0.3, 0.4) is 0 Å². The molecule has 0 aliphatic heterocycles. The predicted molar refractivity (Wildman–Crippen MR) is 127 cm³/mol. The molecule has 3 aromatic carbocycles. The van der Waals surface area contributed by atoms with Crippen LogP contribution in [-0.2, 0) is 11.3 Å². The Balaban J connectivity index is 1.35. The van der Waals surface area contributed by atoms with Gasteiger partial charge in [-0.2, -0.15) is 0 Å². The van der Waals surface area contributed by atoms with Crippen molar-refractivity contribution in [2.75, 3.05) is 11.9 Å². The Morgan fingerprint density at radius 2 is 1.91 bits per heavy atom. The number of nitrogens with one attached hydrogen (secondary N) is 1. The summed E-state index contributed by atoms with van der Waals surface area (Å²) in [5, 5.41) is 6.48. The average Bonchev–Trinajstić information content (AvgIpc) is 3.28. The molecule has 2 aromatic heterocycles. The van der Waals surface area contributed by atoms with Gasteiger partial charge in [0.15, 0.2) is 6.61 Å². The van der Waals surface area contributed by atoms with Crippen LogP contribution in [-0.4, -0.2) is 22.1 Å². The van der Waals surface area contributed by atoms with Crippen molar-refractivity contribution in [1.29, 1.82) is 0 Å². The van der Waals surface area contributed by atoms with Gasteiger partial charge in [-0.1, -0.05) is 30.3 Å². The maximum Gasteiger partial charge on any atom is 0.262 e. The molecule has 0 spiro atoms. The van der Waals surface area contributed by atoms with E-state index in [1.807, 2.05) is 24.3 Å². The first-order chi connectivity index (χ1) is 15.7. The monoisotopic (exact) mass is 441 g/mol. The summed E-state index contributed by atoms with van der Waals surface area (Å²) in [5.41, 5.74) is 1.98. The Morgan fingerprint density at radius 3 is 2.78 bits per heavy atom. The number of carbonyl (C=O) groups excluding carboxylic acids is 1. The largest absolute Gasteiger partial charge is 0.484 e. The van der Waals surface area contributed by atoms with Crippen molar-refractivity contribution < 1.29 is 9.53 Å². The maximum absolute atomic E-state index is 13.1. The first-order valence-electron chi connectivity index (χ1n) is 10.1. The number of nitrogens with zero attached hydrogens (tertiary/aromatic N) is 2. The first-order valence-corrected chi connectivity index (χ1v) is 11.0. The lowest BCUT2D eigenvalue weighted by molar-refractivity contribution is -0.118. The summed E-state index contributed by atoms with van der Waals surface area (Å²) in [6, 6.07) is 22.5. The van der Waals surface area contributed by atoms with Crippen molar-refractivity contribution in [2.24, 2.45) is 0 Å². The number of anilines is 1. The predicted octanol–water partition coefficient (Wildman–Crippen LogP) is 4.68. The molecule has 32 heavy (non-hydrogen) atoms. The van der Waals surface area contributed by atoms with Gasteiger partial charge < -0.3 is 10.1 Å². The van der Waals surface area contributed by atoms with Crippen LogP contribution in [0.15, 0.2) is 89.3 Å². The third-order valence-electron chi connectivity index (χ3n) is 5.09. The van der Waals surface area contributed by atoms with Crippen LogP contribution in [0.25, 0.3) is 21.0 Å². The molecule has 6 nitrogen and oxygen atoms in total. The van der Waals surface area contributed by atoms with Gasteiger partial charge in [0.05, 0.1) is 23.8 Å². The number of thiophene rings is 1.